The number of nitrogens with zero attached hydrogens (tertiary/aromatic N) is 1. The third-order valence-corrected chi connectivity index (χ3v) is 2.90. The molecule has 2 aromatic rings. The molecule has 94 valence electrons. The molecule has 0 bridgehead atoms. The van der Waals surface area contributed by atoms with Gasteiger partial charge in [0.15, 0.2) is 0 Å². The molecule has 1 aromatic heterocycles. The van der Waals surface area contributed by atoms with Gasteiger partial charge in [0, 0.05) is 10.6 Å². The average Bonchev–Trinajstić information content (AvgIpc) is 2.27. The summed E-state index contributed by atoms with van der Waals surface area (Å²) < 4.78 is 0. The zero-order chi connectivity index (χ0) is 13.3. The van der Waals surface area contributed by atoms with E-state index < -0.39 is 0 Å². The summed E-state index contributed by atoms with van der Waals surface area (Å²) >= 11 is 5.91. The highest BCUT2D eigenvalue weighted by Gasteiger charge is 2.13. The number of H-pyrrole nitrogens is 1. The van der Waals surface area contributed by atoms with Crippen molar-refractivity contribution < 1.29 is 0 Å². The van der Waals surface area contributed by atoms with Gasteiger partial charge >= 0.3 is 0 Å². The summed E-state index contributed by atoms with van der Waals surface area (Å²) in [5, 5.41) is 0.585. The van der Waals surface area contributed by atoms with Gasteiger partial charge in [0.1, 0.15) is 11.6 Å². The molecule has 4 nitrogen and oxygen atoms in total. The van der Waals surface area contributed by atoms with E-state index in [1.807, 2.05) is 19.9 Å². The highest BCUT2D eigenvalue weighted by molar-refractivity contribution is 6.30. The van der Waals surface area contributed by atoms with E-state index in [4.69, 9.17) is 17.3 Å². The van der Waals surface area contributed by atoms with Crippen LogP contribution < -0.4 is 11.3 Å². The second-order valence-electron chi connectivity index (χ2n) is 4.38. The first-order chi connectivity index (χ1) is 8.49. The lowest BCUT2D eigenvalue weighted by molar-refractivity contribution is 0.837. The lowest BCUT2D eigenvalue weighted by Crippen LogP contribution is -2.19. The number of hydrogen-bond donors (Lipinski definition) is 2. The Bertz CT molecular complexity index is 634. The van der Waals surface area contributed by atoms with Crippen molar-refractivity contribution >= 4 is 17.4 Å². The van der Waals surface area contributed by atoms with Crippen molar-refractivity contribution in [1.82, 2.24) is 9.97 Å². The molecule has 1 aromatic carbocycles. The first-order valence-corrected chi connectivity index (χ1v) is 6.02. The number of nitrogen functional groups attached to an aromatic ring is 1. The number of nitrogens with one attached hydrogen (secondary N) is 1. The maximum absolute atomic E-state index is 12.0. The molecule has 0 unspecified atom stereocenters. The molecule has 0 aliphatic carbocycles. The van der Waals surface area contributed by atoms with Crippen LogP contribution in [0, 0.1) is 0 Å². The molecule has 5 heteroatoms. The van der Waals surface area contributed by atoms with E-state index in [1.165, 1.54) is 0 Å². The molecule has 0 atom stereocenters. The van der Waals surface area contributed by atoms with Crippen LogP contribution >= 0.6 is 11.6 Å². The van der Waals surface area contributed by atoms with Crippen molar-refractivity contribution in [3.63, 3.8) is 0 Å². The van der Waals surface area contributed by atoms with Crippen LogP contribution in [0.2, 0.25) is 5.02 Å². The van der Waals surface area contributed by atoms with E-state index >= 15 is 0 Å². The summed E-state index contributed by atoms with van der Waals surface area (Å²) in [7, 11) is 0. The van der Waals surface area contributed by atoms with E-state index in [2.05, 4.69) is 9.97 Å². The zero-order valence-corrected chi connectivity index (χ0v) is 11.0. The molecule has 2 rings (SSSR count). The summed E-state index contributed by atoms with van der Waals surface area (Å²) in [5.41, 5.74) is 6.89. The normalized spacial score (nSPS) is 10.9. The predicted molar refractivity (Wildman–Crippen MR) is 73.8 cm³/mol. The van der Waals surface area contributed by atoms with Crippen LogP contribution in [0.5, 0.6) is 0 Å². The molecule has 0 spiro atoms. The van der Waals surface area contributed by atoms with Gasteiger partial charge in [-0.05, 0) is 18.1 Å². The largest absolute Gasteiger partial charge is 0.383 e. The molecule has 0 amide bonds. The lowest BCUT2D eigenvalue weighted by atomic mass is 10.1. The van der Waals surface area contributed by atoms with Crippen LogP contribution in [0.15, 0.2) is 29.1 Å². The Morgan fingerprint density at radius 1 is 1.39 bits per heavy atom. The highest BCUT2D eigenvalue weighted by atomic mass is 35.5. The van der Waals surface area contributed by atoms with Crippen LogP contribution in [0.1, 0.15) is 25.3 Å². The number of rotatable bonds is 2. The highest BCUT2D eigenvalue weighted by Crippen LogP contribution is 2.21. The average molecular weight is 264 g/mol. The standard InChI is InChI=1S/C13H14ClN3O/c1-7(2)10-11(15)16-12(17-13(10)18)8-4-3-5-9(14)6-8/h3-7H,1-2H3,(H3,15,16,17,18). The minimum Gasteiger partial charge on any atom is -0.383 e. The molecule has 18 heavy (non-hydrogen) atoms. The van der Waals surface area contributed by atoms with Gasteiger partial charge in [0.25, 0.3) is 5.56 Å². The molecule has 0 saturated carbocycles. The predicted octanol–water partition coefficient (Wildman–Crippen LogP) is 2.80. The minimum atomic E-state index is -0.201. The molecule has 0 aliphatic rings. The Hall–Kier alpha value is -1.81. The van der Waals surface area contributed by atoms with Gasteiger partial charge in [-0.1, -0.05) is 37.6 Å². The maximum Gasteiger partial charge on any atom is 0.256 e. The van der Waals surface area contributed by atoms with Gasteiger partial charge in [-0.25, -0.2) is 4.98 Å². The number of anilines is 1. The van der Waals surface area contributed by atoms with E-state index in [1.54, 1.807) is 18.2 Å². The van der Waals surface area contributed by atoms with Crippen molar-refractivity contribution in [2.75, 3.05) is 5.73 Å². The summed E-state index contributed by atoms with van der Waals surface area (Å²) in [6.07, 6.45) is 0. The van der Waals surface area contributed by atoms with Crippen molar-refractivity contribution in [1.29, 1.82) is 0 Å². The number of halogens is 1. The van der Waals surface area contributed by atoms with Gasteiger partial charge < -0.3 is 10.7 Å². The maximum atomic E-state index is 12.0. The Morgan fingerprint density at radius 3 is 2.67 bits per heavy atom. The van der Waals surface area contributed by atoms with Crippen molar-refractivity contribution in [2.45, 2.75) is 19.8 Å². The summed E-state index contributed by atoms with van der Waals surface area (Å²) in [6.45, 7) is 3.81. The Kier molecular flexibility index (Phi) is 3.39. The third kappa shape index (κ3) is 2.38. The van der Waals surface area contributed by atoms with E-state index in [0.717, 1.165) is 5.56 Å². The quantitative estimate of drug-likeness (QED) is 0.875. The zero-order valence-electron chi connectivity index (χ0n) is 10.2. The van der Waals surface area contributed by atoms with Crippen LogP contribution in [0.4, 0.5) is 5.82 Å². The number of aromatic amines is 1. The molecule has 0 radical (unpaired) electrons. The third-order valence-electron chi connectivity index (χ3n) is 2.66. The van der Waals surface area contributed by atoms with Gasteiger partial charge in [0.05, 0.1) is 5.56 Å². The van der Waals surface area contributed by atoms with Gasteiger partial charge in [0.2, 0.25) is 0 Å². The molecule has 3 N–H and O–H groups in total. The fourth-order valence-corrected chi connectivity index (χ4v) is 2.02. The van der Waals surface area contributed by atoms with Crippen LogP contribution in [-0.4, -0.2) is 9.97 Å². The second kappa shape index (κ2) is 4.82. The Balaban J connectivity index is 2.59. The minimum absolute atomic E-state index is 0.0367. The fourth-order valence-electron chi connectivity index (χ4n) is 1.83. The first-order valence-electron chi connectivity index (χ1n) is 5.64. The fraction of sp³-hybridized carbons (Fsp3) is 0.231. The number of benzene rings is 1. The number of hydrogen-bond acceptors (Lipinski definition) is 3. The smallest absolute Gasteiger partial charge is 0.256 e. The van der Waals surface area contributed by atoms with Gasteiger partial charge in [-0.2, -0.15) is 0 Å². The van der Waals surface area contributed by atoms with Crippen LogP contribution in [0.25, 0.3) is 11.4 Å². The van der Waals surface area contributed by atoms with Crippen molar-refractivity contribution in [3.8, 4) is 11.4 Å². The lowest BCUT2D eigenvalue weighted by Gasteiger charge is -2.09. The monoisotopic (exact) mass is 263 g/mol. The molecular formula is C13H14ClN3O. The summed E-state index contributed by atoms with van der Waals surface area (Å²) in [6, 6.07) is 7.10. The first kappa shape index (κ1) is 12.6. The van der Waals surface area contributed by atoms with E-state index in [-0.39, 0.29) is 17.3 Å². The second-order valence-corrected chi connectivity index (χ2v) is 4.81. The molecule has 0 aliphatic heterocycles. The number of aromatic nitrogens is 2. The SMILES string of the molecule is CC(C)c1c(N)nc(-c2cccc(Cl)c2)[nH]c1=O. The van der Waals surface area contributed by atoms with Gasteiger partial charge in [-0.15, -0.1) is 0 Å². The van der Waals surface area contributed by atoms with Gasteiger partial charge in [-0.3, -0.25) is 4.79 Å². The Morgan fingerprint density at radius 2 is 2.11 bits per heavy atom. The van der Waals surface area contributed by atoms with Crippen LogP contribution in [-0.2, 0) is 0 Å². The van der Waals surface area contributed by atoms with Crippen LogP contribution in [0.3, 0.4) is 0 Å². The molecular weight excluding hydrogens is 250 g/mol. The number of nitrogens with two attached hydrogens (primary N) is 1. The van der Waals surface area contributed by atoms with Crippen molar-refractivity contribution in [3.05, 3.63) is 45.2 Å². The summed E-state index contributed by atoms with van der Waals surface area (Å²) in [4.78, 5) is 18.9. The topological polar surface area (TPSA) is 71.8 Å². The molecule has 0 fully saturated rings. The molecule has 1 heterocycles. The molecule has 0 saturated heterocycles. The van der Waals surface area contributed by atoms with Crippen molar-refractivity contribution in [2.24, 2.45) is 0 Å². The van der Waals surface area contributed by atoms with E-state index in [9.17, 15) is 4.79 Å². The Labute approximate surface area is 110 Å². The van der Waals surface area contributed by atoms with E-state index in [0.29, 0.717) is 16.4 Å². The summed E-state index contributed by atoms with van der Waals surface area (Å²) in [5.74, 6) is 0.739.